The standard InChI is InChI=1S/C17H23N5O3S/c1-19(2)26(24,25)21-9-13-6-7-14(11-21)22(10-13)17(23)15-12-20-8-4-3-5-16(20)18-15/h3-5,8,12-14H,6-7,9-11H2,1-2H3/t13-,14+/m0/s1. The van der Waals surface area contributed by atoms with Crippen LogP contribution in [0.15, 0.2) is 30.6 Å². The van der Waals surface area contributed by atoms with Crippen molar-refractivity contribution in [2.24, 2.45) is 5.92 Å². The van der Waals surface area contributed by atoms with E-state index in [1.54, 1.807) is 20.3 Å². The van der Waals surface area contributed by atoms with Crippen molar-refractivity contribution < 1.29 is 13.2 Å². The Bertz CT molecular complexity index is 906. The van der Waals surface area contributed by atoms with Gasteiger partial charge in [0.15, 0.2) is 0 Å². The number of amides is 1. The molecule has 1 amide bonds. The van der Waals surface area contributed by atoms with E-state index in [-0.39, 0.29) is 17.9 Å². The number of carbonyl (C=O) groups excluding carboxylic acids is 1. The minimum absolute atomic E-state index is 0.110. The van der Waals surface area contributed by atoms with Gasteiger partial charge < -0.3 is 9.30 Å². The zero-order valence-electron chi connectivity index (χ0n) is 14.9. The van der Waals surface area contributed by atoms with Crippen LogP contribution in [-0.2, 0) is 10.2 Å². The second-order valence-electron chi connectivity index (χ2n) is 7.25. The lowest BCUT2D eigenvalue weighted by Crippen LogP contribution is -2.48. The Labute approximate surface area is 153 Å². The molecule has 3 aliphatic heterocycles. The van der Waals surface area contributed by atoms with Crippen LogP contribution in [0.25, 0.3) is 5.65 Å². The Hall–Kier alpha value is -1.97. The van der Waals surface area contributed by atoms with Gasteiger partial charge in [0.05, 0.1) is 0 Å². The summed E-state index contributed by atoms with van der Waals surface area (Å²) in [6, 6.07) is 5.52. The van der Waals surface area contributed by atoms with Gasteiger partial charge in [0.1, 0.15) is 11.3 Å². The fraction of sp³-hybridized carbons (Fsp3) is 0.529. The molecular formula is C17H23N5O3S. The third kappa shape index (κ3) is 2.89. The Morgan fingerprint density at radius 1 is 1.19 bits per heavy atom. The largest absolute Gasteiger partial charge is 0.333 e. The number of imidazole rings is 1. The Morgan fingerprint density at radius 2 is 2.00 bits per heavy atom. The van der Waals surface area contributed by atoms with Crippen LogP contribution in [0.1, 0.15) is 23.3 Å². The fourth-order valence-corrected chi connectivity index (χ4v) is 5.11. The van der Waals surface area contributed by atoms with Gasteiger partial charge in [-0.25, -0.2) is 4.98 Å². The molecule has 5 heterocycles. The van der Waals surface area contributed by atoms with Gasteiger partial charge in [-0.15, -0.1) is 0 Å². The van der Waals surface area contributed by atoms with Crippen LogP contribution in [0.4, 0.5) is 0 Å². The molecule has 0 radical (unpaired) electrons. The van der Waals surface area contributed by atoms with Crippen molar-refractivity contribution in [2.45, 2.75) is 18.9 Å². The van der Waals surface area contributed by atoms with Gasteiger partial charge in [0.25, 0.3) is 16.1 Å². The van der Waals surface area contributed by atoms with E-state index in [0.717, 1.165) is 18.5 Å². The first-order chi connectivity index (χ1) is 12.4. The summed E-state index contributed by atoms with van der Waals surface area (Å²) in [6.07, 6.45) is 5.37. The predicted octanol–water partition coefficient (Wildman–Crippen LogP) is 0.677. The molecule has 3 fully saturated rings. The average Bonchev–Trinajstić information content (AvgIpc) is 2.82. The number of pyridine rings is 1. The van der Waals surface area contributed by atoms with E-state index < -0.39 is 10.2 Å². The molecule has 0 aliphatic carbocycles. The summed E-state index contributed by atoms with van der Waals surface area (Å²) in [5.74, 6) is 0.0388. The molecule has 3 saturated heterocycles. The van der Waals surface area contributed by atoms with Gasteiger partial charge in [-0.05, 0) is 30.9 Å². The molecular weight excluding hydrogens is 354 g/mol. The zero-order valence-corrected chi connectivity index (χ0v) is 15.8. The monoisotopic (exact) mass is 377 g/mol. The smallest absolute Gasteiger partial charge is 0.281 e. The first kappa shape index (κ1) is 17.4. The maximum Gasteiger partial charge on any atom is 0.281 e. The Balaban J connectivity index is 1.61. The van der Waals surface area contributed by atoms with Crippen LogP contribution in [0.2, 0.25) is 0 Å². The SMILES string of the molecule is CN(C)S(=O)(=O)N1C[C@@H]2CC[C@H](C1)N(C(=O)c1cn3ccccc3n1)C2. The number of nitrogens with zero attached hydrogens (tertiary/aromatic N) is 5. The highest BCUT2D eigenvalue weighted by Gasteiger charge is 2.41. The first-order valence-corrected chi connectivity index (χ1v) is 10.2. The van der Waals surface area contributed by atoms with E-state index in [0.29, 0.717) is 25.3 Å². The van der Waals surface area contributed by atoms with Gasteiger partial charge in [-0.2, -0.15) is 17.0 Å². The molecule has 2 aromatic rings. The quantitative estimate of drug-likeness (QED) is 0.788. The van der Waals surface area contributed by atoms with Crippen molar-refractivity contribution in [3.63, 3.8) is 0 Å². The highest BCUT2D eigenvalue weighted by molar-refractivity contribution is 7.86. The molecule has 3 aliphatic rings. The lowest BCUT2D eigenvalue weighted by Gasteiger charge is -2.35. The normalized spacial score (nSPS) is 24.3. The molecule has 0 spiro atoms. The van der Waals surface area contributed by atoms with Crippen molar-refractivity contribution in [1.29, 1.82) is 0 Å². The summed E-state index contributed by atoms with van der Waals surface area (Å²) in [6.45, 7) is 1.39. The number of hydrogen-bond acceptors (Lipinski definition) is 4. The number of piperidine rings is 1. The van der Waals surface area contributed by atoms with E-state index in [2.05, 4.69) is 4.98 Å². The van der Waals surface area contributed by atoms with Crippen LogP contribution in [0.3, 0.4) is 0 Å². The molecule has 0 saturated carbocycles. The summed E-state index contributed by atoms with van der Waals surface area (Å²) >= 11 is 0. The second-order valence-corrected chi connectivity index (χ2v) is 9.40. The molecule has 0 N–H and O–H groups in total. The molecule has 2 bridgehead atoms. The van der Waals surface area contributed by atoms with E-state index in [9.17, 15) is 13.2 Å². The van der Waals surface area contributed by atoms with Crippen LogP contribution in [-0.4, -0.2) is 77.0 Å². The molecule has 0 unspecified atom stereocenters. The number of fused-ring (bicyclic) bond motifs is 5. The Kier molecular flexibility index (Phi) is 4.25. The molecule has 5 rings (SSSR count). The summed E-state index contributed by atoms with van der Waals surface area (Å²) < 4.78 is 29.7. The Morgan fingerprint density at radius 3 is 2.73 bits per heavy atom. The molecule has 2 atom stereocenters. The summed E-state index contributed by atoms with van der Waals surface area (Å²) in [5, 5.41) is 0. The summed E-state index contributed by atoms with van der Waals surface area (Å²) in [7, 11) is -0.388. The van der Waals surface area contributed by atoms with Crippen LogP contribution in [0, 0.1) is 5.92 Å². The van der Waals surface area contributed by atoms with Gasteiger partial charge >= 0.3 is 0 Å². The van der Waals surface area contributed by atoms with E-state index >= 15 is 0 Å². The highest BCUT2D eigenvalue weighted by Crippen LogP contribution is 2.30. The number of carbonyl (C=O) groups is 1. The van der Waals surface area contributed by atoms with E-state index in [1.807, 2.05) is 33.7 Å². The maximum atomic E-state index is 13.1. The molecule has 9 heteroatoms. The van der Waals surface area contributed by atoms with Gasteiger partial charge in [0.2, 0.25) is 0 Å². The minimum atomic E-state index is -3.47. The molecule has 0 aromatic carbocycles. The van der Waals surface area contributed by atoms with Gasteiger partial charge in [-0.1, -0.05) is 6.07 Å². The average molecular weight is 377 g/mol. The van der Waals surface area contributed by atoms with Crippen molar-refractivity contribution in [1.82, 2.24) is 22.9 Å². The third-order valence-electron chi connectivity index (χ3n) is 5.31. The number of hydrogen-bond donors (Lipinski definition) is 0. The second kappa shape index (κ2) is 6.33. The first-order valence-electron chi connectivity index (χ1n) is 8.78. The minimum Gasteiger partial charge on any atom is -0.333 e. The molecule has 26 heavy (non-hydrogen) atoms. The topological polar surface area (TPSA) is 78.2 Å². The predicted molar refractivity (Wildman–Crippen MR) is 96.9 cm³/mol. The van der Waals surface area contributed by atoms with Crippen molar-refractivity contribution in [3.05, 3.63) is 36.3 Å². The molecule has 2 aromatic heterocycles. The zero-order chi connectivity index (χ0) is 18.5. The van der Waals surface area contributed by atoms with Crippen molar-refractivity contribution >= 4 is 21.8 Å². The van der Waals surface area contributed by atoms with Crippen molar-refractivity contribution in [2.75, 3.05) is 33.7 Å². The van der Waals surface area contributed by atoms with Crippen molar-refractivity contribution in [3.8, 4) is 0 Å². The van der Waals surface area contributed by atoms with Crippen LogP contribution < -0.4 is 0 Å². The summed E-state index contributed by atoms with van der Waals surface area (Å²) in [4.78, 5) is 19.3. The van der Waals surface area contributed by atoms with E-state index in [4.69, 9.17) is 0 Å². The van der Waals surface area contributed by atoms with E-state index in [1.165, 1.54) is 8.61 Å². The number of aromatic nitrogens is 2. The van der Waals surface area contributed by atoms with Gasteiger partial charge in [0, 0.05) is 52.2 Å². The molecule has 140 valence electrons. The molecule has 8 nitrogen and oxygen atoms in total. The lowest BCUT2D eigenvalue weighted by molar-refractivity contribution is 0.0583. The van der Waals surface area contributed by atoms with Gasteiger partial charge in [-0.3, -0.25) is 4.79 Å². The van der Waals surface area contributed by atoms with Crippen LogP contribution in [0.5, 0.6) is 0 Å². The third-order valence-corrected chi connectivity index (χ3v) is 7.19. The lowest BCUT2D eigenvalue weighted by atomic mass is 9.95. The van der Waals surface area contributed by atoms with Crippen LogP contribution >= 0.6 is 0 Å². The summed E-state index contributed by atoms with van der Waals surface area (Å²) in [5.41, 5.74) is 1.14. The fourth-order valence-electron chi connectivity index (χ4n) is 3.89. The maximum absolute atomic E-state index is 13.1. The highest BCUT2D eigenvalue weighted by atomic mass is 32.2. The number of rotatable bonds is 3.